The minimum Gasteiger partial charge on any atom is -0.487 e. The third kappa shape index (κ3) is 3.69. The SMILES string of the molecule is CCn1c(NC(=O)c2ccc(OCc3cn4cccc(C)c4n3)cc2)nc2ccccc21. The highest BCUT2D eigenvalue weighted by Crippen LogP contribution is 2.21. The van der Waals surface area contributed by atoms with Crippen molar-refractivity contribution in [3.63, 3.8) is 0 Å². The lowest BCUT2D eigenvalue weighted by Gasteiger charge is -2.08. The molecule has 0 saturated carbocycles. The smallest absolute Gasteiger partial charge is 0.257 e. The van der Waals surface area contributed by atoms with Crippen molar-refractivity contribution in [1.29, 1.82) is 0 Å². The second-order valence-electron chi connectivity index (χ2n) is 7.59. The summed E-state index contributed by atoms with van der Waals surface area (Å²) >= 11 is 0. The number of pyridine rings is 1. The Bertz CT molecular complexity index is 1420. The molecular formula is C25H23N5O2. The van der Waals surface area contributed by atoms with Crippen LogP contribution in [0.3, 0.4) is 0 Å². The molecule has 3 heterocycles. The van der Waals surface area contributed by atoms with Gasteiger partial charge in [-0.05, 0) is 61.9 Å². The van der Waals surface area contributed by atoms with Crippen LogP contribution in [0.25, 0.3) is 16.7 Å². The van der Waals surface area contributed by atoms with Crippen LogP contribution in [0.2, 0.25) is 0 Å². The van der Waals surface area contributed by atoms with Crippen LogP contribution in [-0.4, -0.2) is 24.8 Å². The summed E-state index contributed by atoms with van der Waals surface area (Å²) in [6.45, 7) is 5.13. The molecule has 0 bridgehead atoms. The minimum absolute atomic E-state index is 0.211. The second-order valence-corrected chi connectivity index (χ2v) is 7.59. The number of carbonyl (C=O) groups is 1. The average molecular weight is 425 g/mol. The molecule has 3 aromatic heterocycles. The van der Waals surface area contributed by atoms with Crippen molar-refractivity contribution < 1.29 is 9.53 Å². The van der Waals surface area contributed by atoms with Crippen LogP contribution in [0.5, 0.6) is 5.75 Å². The van der Waals surface area contributed by atoms with Crippen LogP contribution in [0.15, 0.2) is 73.1 Å². The van der Waals surface area contributed by atoms with Crippen molar-refractivity contribution in [2.45, 2.75) is 27.0 Å². The predicted molar refractivity (Wildman–Crippen MR) is 124 cm³/mol. The van der Waals surface area contributed by atoms with Gasteiger partial charge >= 0.3 is 0 Å². The van der Waals surface area contributed by atoms with Gasteiger partial charge in [0.25, 0.3) is 5.91 Å². The Morgan fingerprint density at radius 2 is 1.84 bits per heavy atom. The van der Waals surface area contributed by atoms with Crippen LogP contribution in [-0.2, 0) is 13.2 Å². The molecule has 1 N–H and O–H groups in total. The summed E-state index contributed by atoms with van der Waals surface area (Å²) in [6, 6.07) is 18.9. The number of anilines is 1. The number of hydrogen-bond donors (Lipinski definition) is 1. The molecule has 5 rings (SSSR count). The number of carbonyl (C=O) groups excluding carboxylic acids is 1. The van der Waals surface area contributed by atoms with Crippen molar-refractivity contribution in [2.75, 3.05) is 5.32 Å². The number of amides is 1. The first-order chi connectivity index (χ1) is 15.6. The molecule has 0 atom stereocenters. The molecule has 0 aliphatic rings. The minimum atomic E-state index is -0.211. The first-order valence-electron chi connectivity index (χ1n) is 10.5. The Morgan fingerprint density at radius 3 is 2.62 bits per heavy atom. The van der Waals surface area contributed by atoms with Crippen LogP contribution in [0.4, 0.5) is 5.95 Å². The fourth-order valence-corrected chi connectivity index (χ4v) is 3.80. The molecule has 0 saturated heterocycles. The van der Waals surface area contributed by atoms with Crippen LogP contribution < -0.4 is 10.1 Å². The summed E-state index contributed by atoms with van der Waals surface area (Å²) in [7, 11) is 0. The van der Waals surface area contributed by atoms with E-state index in [1.54, 1.807) is 24.3 Å². The fraction of sp³-hybridized carbons (Fsp3) is 0.160. The highest BCUT2D eigenvalue weighted by Gasteiger charge is 2.13. The lowest BCUT2D eigenvalue weighted by molar-refractivity contribution is 0.102. The first-order valence-corrected chi connectivity index (χ1v) is 10.5. The predicted octanol–water partition coefficient (Wildman–Crippen LogP) is 4.84. The van der Waals surface area contributed by atoms with E-state index in [-0.39, 0.29) is 5.91 Å². The molecular weight excluding hydrogens is 402 g/mol. The second kappa shape index (κ2) is 8.19. The molecule has 7 nitrogen and oxygen atoms in total. The molecule has 1 amide bonds. The number of fused-ring (bicyclic) bond motifs is 2. The topological polar surface area (TPSA) is 73.5 Å². The summed E-state index contributed by atoms with van der Waals surface area (Å²) in [4.78, 5) is 21.9. The molecule has 2 aromatic carbocycles. The zero-order valence-electron chi connectivity index (χ0n) is 17.9. The van der Waals surface area contributed by atoms with E-state index in [0.717, 1.165) is 27.9 Å². The number of nitrogens with one attached hydrogen (secondary N) is 1. The zero-order chi connectivity index (χ0) is 22.1. The third-order valence-corrected chi connectivity index (χ3v) is 5.43. The third-order valence-electron chi connectivity index (χ3n) is 5.43. The summed E-state index contributed by atoms with van der Waals surface area (Å²) in [5.41, 5.74) is 5.28. The number of benzene rings is 2. The maximum absolute atomic E-state index is 12.8. The van der Waals surface area contributed by atoms with Gasteiger partial charge in [-0.1, -0.05) is 18.2 Å². The van der Waals surface area contributed by atoms with Gasteiger partial charge in [0.15, 0.2) is 0 Å². The molecule has 32 heavy (non-hydrogen) atoms. The number of hydrogen-bond acceptors (Lipinski definition) is 4. The molecule has 0 fully saturated rings. The largest absolute Gasteiger partial charge is 0.487 e. The molecule has 0 spiro atoms. The summed E-state index contributed by atoms with van der Waals surface area (Å²) in [5, 5.41) is 2.92. The Labute approximate surface area is 185 Å². The Morgan fingerprint density at radius 1 is 1.03 bits per heavy atom. The number of rotatable bonds is 6. The molecule has 0 radical (unpaired) electrons. The zero-order valence-corrected chi connectivity index (χ0v) is 17.9. The summed E-state index contributed by atoms with van der Waals surface area (Å²) < 4.78 is 9.85. The average Bonchev–Trinajstić information content (AvgIpc) is 3.39. The lowest BCUT2D eigenvalue weighted by atomic mass is 10.2. The normalized spacial score (nSPS) is 11.2. The van der Waals surface area contributed by atoms with E-state index in [4.69, 9.17) is 4.74 Å². The van der Waals surface area contributed by atoms with E-state index in [9.17, 15) is 4.79 Å². The highest BCUT2D eigenvalue weighted by molar-refractivity contribution is 6.04. The summed E-state index contributed by atoms with van der Waals surface area (Å²) in [5.74, 6) is 1.01. The number of para-hydroxylation sites is 2. The van der Waals surface area contributed by atoms with Gasteiger partial charge in [0.1, 0.15) is 18.0 Å². The molecule has 0 aliphatic carbocycles. The summed E-state index contributed by atoms with van der Waals surface area (Å²) in [6.07, 6.45) is 3.93. The molecule has 7 heteroatoms. The number of nitrogens with zero attached hydrogens (tertiary/aromatic N) is 4. The molecule has 160 valence electrons. The van der Waals surface area contributed by atoms with E-state index < -0.39 is 0 Å². The van der Waals surface area contributed by atoms with Gasteiger partial charge in [-0.15, -0.1) is 0 Å². The van der Waals surface area contributed by atoms with Gasteiger partial charge < -0.3 is 13.7 Å². The molecule has 0 unspecified atom stereocenters. The fourth-order valence-electron chi connectivity index (χ4n) is 3.80. The van der Waals surface area contributed by atoms with Crippen LogP contribution in [0, 0.1) is 6.92 Å². The van der Waals surface area contributed by atoms with E-state index in [2.05, 4.69) is 15.3 Å². The van der Waals surface area contributed by atoms with E-state index in [1.165, 1.54) is 0 Å². The standard InChI is InChI=1S/C25H23N5O2/c1-3-30-22-9-5-4-8-21(22)27-25(30)28-24(31)18-10-12-20(13-11-18)32-16-19-15-29-14-6-7-17(2)23(29)26-19/h4-15H,3,16H2,1-2H3,(H,27,28,31). The Hall–Kier alpha value is -4.13. The monoisotopic (exact) mass is 425 g/mol. The quantitative estimate of drug-likeness (QED) is 0.422. The van der Waals surface area contributed by atoms with Crippen LogP contribution >= 0.6 is 0 Å². The Balaban J connectivity index is 1.27. The van der Waals surface area contributed by atoms with Gasteiger partial charge in [0, 0.05) is 24.5 Å². The molecule has 5 aromatic rings. The van der Waals surface area contributed by atoms with Crippen molar-refractivity contribution >= 4 is 28.5 Å². The highest BCUT2D eigenvalue weighted by atomic mass is 16.5. The number of aryl methyl sites for hydroxylation is 2. The van der Waals surface area contributed by atoms with E-state index >= 15 is 0 Å². The first kappa shape index (κ1) is 19.8. The number of aromatic nitrogens is 4. The lowest BCUT2D eigenvalue weighted by Crippen LogP contribution is -2.15. The van der Waals surface area contributed by atoms with Gasteiger partial charge in [0.05, 0.1) is 16.7 Å². The number of imidazole rings is 2. The van der Waals surface area contributed by atoms with Crippen LogP contribution in [0.1, 0.15) is 28.5 Å². The van der Waals surface area contributed by atoms with Gasteiger partial charge in [-0.3, -0.25) is 10.1 Å². The molecule has 0 aliphatic heterocycles. The maximum Gasteiger partial charge on any atom is 0.257 e. The van der Waals surface area contributed by atoms with Crippen molar-refractivity contribution in [2.24, 2.45) is 0 Å². The van der Waals surface area contributed by atoms with Gasteiger partial charge in [-0.25, -0.2) is 9.97 Å². The van der Waals surface area contributed by atoms with Crippen molar-refractivity contribution in [3.8, 4) is 5.75 Å². The number of ether oxygens (including phenoxy) is 1. The van der Waals surface area contributed by atoms with E-state index in [1.807, 2.05) is 71.6 Å². The maximum atomic E-state index is 12.8. The van der Waals surface area contributed by atoms with E-state index in [0.29, 0.717) is 30.4 Å². The van der Waals surface area contributed by atoms with Gasteiger partial charge in [0.2, 0.25) is 5.95 Å². The Kier molecular flexibility index (Phi) is 5.07. The van der Waals surface area contributed by atoms with Crippen molar-refractivity contribution in [3.05, 3.63) is 89.9 Å². The van der Waals surface area contributed by atoms with Gasteiger partial charge in [-0.2, -0.15) is 0 Å². The van der Waals surface area contributed by atoms with Crippen molar-refractivity contribution in [1.82, 2.24) is 18.9 Å².